The number of aryl methyl sites for hydroxylation is 2. The third-order valence-electron chi connectivity index (χ3n) is 7.31. The first-order valence-corrected chi connectivity index (χ1v) is 13.4. The molecule has 0 spiro atoms. The second kappa shape index (κ2) is 10.7. The summed E-state index contributed by atoms with van der Waals surface area (Å²) in [5, 5.41) is 13.6. The van der Waals surface area contributed by atoms with Gasteiger partial charge in [-0.2, -0.15) is 8.78 Å². The number of aromatic nitrogens is 2. The van der Waals surface area contributed by atoms with Crippen LogP contribution in [0.15, 0.2) is 59.0 Å². The molecule has 0 bridgehead atoms. The molecule has 1 fully saturated rings. The predicted molar refractivity (Wildman–Crippen MR) is 142 cm³/mol. The molecule has 2 atom stereocenters. The number of halogens is 4. The molecule has 5 nitrogen and oxygen atoms in total. The van der Waals surface area contributed by atoms with Crippen LogP contribution in [0, 0.1) is 11.7 Å². The van der Waals surface area contributed by atoms with Crippen LogP contribution < -0.4 is 10.1 Å². The fourth-order valence-corrected chi connectivity index (χ4v) is 6.14. The number of hydrogen-bond acceptors (Lipinski definition) is 5. The standard InChI is InChI=1S/C29H29BrF3N3O2/c1-29(2,37)27-35-13-18(14-36-27)20-11-17-9-10-19-21(26-22(30)6-4-8-25(26)38-28(32)33)15-34-24(19)7-3-5-16(17)12-23(20)31/h4,6-8,11-14,19,21,28,34,37H,3,5,9-10,15H2,1-2H3/b24-7-. The van der Waals surface area contributed by atoms with Crippen LogP contribution in [0.25, 0.3) is 11.1 Å². The van der Waals surface area contributed by atoms with Gasteiger partial charge in [0.05, 0.1) is 0 Å². The van der Waals surface area contributed by atoms with E-state index in [4.69, 9.17) is 4.74 Å². The summed E-state index contributed by atoms with van der Waals surface area (Å²) >= 11 is 3.56. The Kier molecular flexibility index (Phi) is 7.51. The largest absolute Gasteiger partial charge is 0.434 e. The highest BCUT2D eigenvalue weighted by Gasteiger charge is 2.36. The zero-order valence-electron chi connectivity index (χ0n) is 21.1. The van der Waals surface area contributed by atoms with Crippen molar-refractivity contribution in [1.82, 2.24) is 15.3 Å². The maximum Gasteiger partial charge on any atom is 0.387 e. The van der Waals surface area contributed by atoms with Gasteiger partial charge in [0, 0.05) is 57.6 Å². The average Bonchev–Trinajstić information content (AvgIpc) is 3.27. The van der Waals surface area contributed by atoms with Crippen LogP contribution >= 0.6 is 15.9 Å². The lowest BCUT2D eigenvalue weighted by atomic mass is 9.82. The highest BCUT2D eigenvalue weighted by Crippen LogP contribution is 2.45. The predicted octanol–water partition coefficient (Wildman–Crippen LogP) is 6.64. The third-order valence-corrected chi connectivity index (χ3v) is 8.00. The Hall–Kier alpha value is -2.91. The first kappa shape index (κ1) is 26.7. The summed E-state index contributed by atoms with van der Waals surface area (Å²) in [5.74, 6) is 0.123. The summed E-state index contributed by atoms with van der Waals surface area (Å²) in [7, 11) is 0. The van der Waals surface area contributed by atoms with Crippen molar-refractivity contribution in [2.45, 2.75) is 57.7 Å². The minimum atomic E-state index is -2.91. The Morgan fingerprint density at radius 1 is 1.11 bits per heavy atom. The zero-order valence-corrected chi connectivity index (χ0v) is 22.7. The molecule has 0 amide bonds. The molecule has 2 heterocycles. The maximum absolute atomic E-state index is 15.2. The van der Waals surface area contributed by atoms with Gasteiger partial charge in [0.1, 0.15) is 17.2 Å². The Labute approximate surface area is 228 Å². The topological polar surface area (TPSA) is 67.3 Å². The van der Waals surface area contributed by atoms with E-state index in [1.807, 2.05) is 12.1 Å². The Morgan fingerprint density at radius 2 is 1.84 bits per heavy atom. The molecule has 0 radical (unpaired) electrons. The molecule has 3 aromatic rings. The maximum atomic E-state index is 15.2. The SMILES string of the molecule is CC(C)(O)c1ncc(-c2cc3c(cc2F)CC/C=C2\NCC(c4c(Br)cccc4OC(F)F)C2CC3)cn1. The number of aliphatic hydroxyl groups is 1. The molecule has 2 N–H and O–H groups in total. The van der Waals surface area contributed by atoms with Crippen molar-refractivity contribution >= 4 is 15.9 Å². The van der Waals surface area contributed by atoms with E-state index in [9.17, 15) is 13.9 Å². The number of nitrogens with zero attached hydrogens (tertiary/aromatic N) is 2. The first-order chi connectivity index (χ1) is 18.1. The first-order valence-electron chi connectivity index (χ1n) is 12.7. The van der Waals surface area contributed by atoms with Crippen molar-refractivity contribution in [2.75, 3.05) is 6.54 Å². The van der Waals surface area contributed by atoms with Gasteiger partial charge in [0.25, 0.3) is 0 Å². The third kappa shape index (κ3) is 5.45. The highest BCUT2D eigenvalue weighted by atomic mass is 79.9. The van der Waals surface area contributed by atoms with Crippen molar-refractivity contribution in [2.24, 2.45) is 5.92 Å². The number of rotatable bonds is 5. The molecule has 38 heavy (non-hydrogen) atoms. The number of benzene rings is 2. The molecule has 1 saturated heterocycles. The van der Waals surface area contributed by atoms with Crippen LogP contribution in [0.1, 0.15) is 55.1 Å². The van der Waals surface area contributed by atoms with Gasteiger partial charge in [-0.1, -0.05) is 28.1 Å². The van der Waals surface area contributed by atoms with E-state index >= 15 is 4.39 Å². The van der Waals surface area contributed by atoms with Gasteiger partial charge in [-0.15, -0.1) is 0 Å². The lowest BCUT2D eigenvalue weighted by molar-refractivity contribution is -0.0507. The van der Waals surface area contributed by atoms with Gasteiger partial charge >= 0.3 is 6.61 Å². The lowest BCUT2D eigenvalue weighted by Crippen LogP contribution is -2.19. The van der Waals surface area contributed by atoms with E-state index in [2.05, 4.69) is 37.3 Å². The second-order valence-electron chi connectivity index (χ2n) is 10.3. The number of fused-ring (bicyclic) bond motifs is 2. The Balaban J connectivity index is 1.46. The highest BCUT2D eigenvalue weighted by molar-refractivity contribution is 9.10. The number of alkyl halides is 2. The summed E-state index contributed by atoms with van der Waals surface area (Å²) in [6, 6.07) is 8.59. The van der Waals surface area contributed by atoms with Crippen LogP contribution in [-0.2, 0) is 18.4 Å². The van der Waals surface area contributed by atoms with Crippen LogP contribution in [0.2, 0.25) is 0 Å². The van der Waals surface area contributed by atoms with E-state index in [1.54, 1.807) is 32.0 Å². The summed E-state index contributed by atoms with van der Waals surface area (Å²) in [4.78, 5) is 8.48. The number of hydrogen-bond donors (Lipinski definition) is 2. The molecule has 1 aromatic heterocycles. The van der Waals surface area contributed by atoms with Gasteiger partial charge in [0.2, 0.25) is 0 Å². The van der Waals surface area contributed by atoms with E-state index in [-0.39, 0.29) is 29.2 Å². The van der Waals surface area contributed by atoms with Crippen molar-refractivity contribution < 1.29 is 23.0 Å². The monoisotopic (exact) mass is 587 g/mol. The summed E-state index contributed by atoms with van der Waals surface area (Å²) in [6.45, 7) is 0.905. The van der Waals surface area contributed by atoms with Crippen molar-refractivity contribution in [3.05, 3.63) is 87.3 Å². The van der Waals surface area contributed by atoms with Gasteiger partial charge < -0.3 is 15.2 Å². The fourth-order valence-electron chi connectivity index (χ4n) is 5.50. The lowest BCUT2D eigenvalue weighted by Gasteiger charge is -2.23. The molecule has 2 aromatic carbocycles. The molecule has 2 aliphatic rings. The smallest absolute Gasteiger partial charge is 0.387 e. The molecule has 1 aliphatic carbocycles. The average molecular weight is 588 g/mol. The van der Waals surface area contributed by atoms with Crippen LogP contribution in [0.3, 0.4) is 0 Å². The molecular weight excluding hydrogens is 559 g/mol. The van der Waals surface area contributed by atoms with Gasteiger partial charge in [-0.3, -0.25) is 0 Å². The normalized spacial score (nSPS) is 20.9. The number of nitrogens with one attached hydrogen (secondary N) is 1. The molecule has 9 heteroatoms. The van der Waals surface area contributed by atoms with E-state index in [0.717, 1.165) is 39.7 Å². The second-order valence-corrected chi connectivity index (χ2v) is 11.2. The van der Waals surface area contributed by atoms with Gasteiger partial charge in [-0.25, -0.2) is 14.4 Å². The Morgan fingerprint density at radius 3 is 2.55 bits per heavy atom. The van der Waals surface area contributed by atoms with E-state index < -0.39 is 12.2 Å². The van der Waals surface area contributed by atoms with Gasteiger partial charge in [0.15, 0.2) is 5.82 Å². The van der Waals surface area contributed by atoms with Crippen molar-refractivity contribution in [3.63, 3.8) is 0 Å². The summed E-state index contributed by atoms with van der Waals surface area (Å²) in [6.07, 6.45) is 8.10. The minimum Gasteiger partial charge on any atom is -0.434 e. The molecule has 5 rings (SSSR count). The van der Waals surface area contributed by atoms with Crippen LogP contribution in [-0.4, -0.2) is 28.2 Å². The fraction of sp³-hybridized carbons (Fsp3) is 0.379. The number of ether oxygens (including phenoxy) is 1. The van der Waals surface area contributed by atoms with Crippen molar-refractivity contribution in [3.8, 4) is 16.9 Å². The molecular formula is C29H29BrF3N3O2. The van der Waals surface area contributed by atoms with E-state index in [1.165, 1.54) is 12.4 Å². The summed E-state index contributed by atoms with van der Waals surface area (Å²) < 4.78 is 47.2. The minimum absolute atomic E-state index is 0.0603. The van der Waals surface area contributed by atoms with Gasteiger partial charge in [-0.05, 0) is 74.9 Å². The molecule has 2 unspecified atom stereocenters. The summed E-state index contributed by atoms with van der Waals surface area (Å²) in [5.41, 5.74) is 3.60. The van der Waals surface area contributed by atoms with Crippen LogP contribution in [0.5, 0.6) is 5.75 Å². The Bertz CT molecular complexity index is 1360. The molecule has 200 valence electrons. The number of allylic oxidation sites excluding steroid dienone is 2. The van der Waals surface area contributed by atoms with Crippen molar-refractivity contribution in [1.29, 1.82) is 0 Å². The molecule has 0 saturated carbocycles. The quantitative estimate of drug-likeness (QED) is 0.350. The van der Waals surface area contributed by atoms with E-state index in [0.29, 0.717) is 30.5 Å². The molecule has 1 aliphatic heterocycles. The van der Waals surface area contributed by atoms with Crippen LogP contribution in [0.4, 0.5) is 13.2 Å². The zero-order chi connectivity index (χ0) is 27.0.